The van der Waals surface area contributed by atoms with Gasteiger partial charge in [-0.15, -0.1) is 0 Å². The number of anilines is 2. The average molecular weight is 491 g/mol. The normalized spacial score (nSPS) is 11.8. The second-order valence-corrected chi connectivity index (χ2v) is 7.48. The predicted octanol–water partition coefficient (Wildman–Crippen LogP) is 4.81. The number of nitrogens with zero attached hydrogens (tertiary/aromatic N) is 1. The van der Waals surface area contributed by atoms with E-state index in [4.69, 9.17) is 4.74 Å². The Labute approximate surface area is 191 Å². The van der Waals surface area contributed by atoms with E-state index >= 15 is 0 Å². The van der Waals surface area contributed by atoms with Gasteiger partial charge in [-0.1, -0.05) is 0 Å². The summed E-state index contributed by atoms with van der Waals surface area (Å²) in [4.78, 5) is 26.8. The fraction of sp³-hybridized carbons (Fsp3) is 0.364. The molecule has 0 aliphatic heterocycles. The molecule has 2 aromatic carbocycles. The highest BCUT2D eigenvalue weighted by molar-refractivity contribution is 6.06. The van der Waals surface area contributed by atoms with Gasteiger partial charge >= 0.3 is 12.4 Å². The number of carbonyl (C=O) groups excluding carboxylic acids is 2. The van der Waals surface area contributed by atoms with Gasteiger partial charge in [-0.05, 0) is 42.8 Å². The van der Waals surface area contributed by atoms with Crippen molar-refractivity contribution in [1.29, 1.82) is 0 Å². The smallest absolute Gasteiger partial charge is 0.385 e. The van der Waals surface area contributed by atoms with Crippen molar-refractivity contribution in [3.8, 4) is 0 Å². The van der Waals surface area contributed by atoms with Crippen LogP contribution in [0.5, 0.6) is 0 Å². The first-order chi connectivity index (χ1) is 15.7. The second-order valence-electron chi connectivity index (χ2n) is 7.48. The van der Waals surface area contributed by atoms with E-state index in [1.54, 1.807) is 19.0 Å². The van der Waals surface area contributed by atoms with Crippen LogP contribution in [0.1, 0.15) is 38.3 Å². The maximum atomic E-state index is 13.1. The summed E-state index contributed by atoms with van der Waals surface area (Å²) >= 11 is 0. The van der Waals surface area contributed by atoms with Crippen LogP contribution in [0.3, 0.4) is 0 Å². The third-order valence-electron chi connectivity index (χ3n) is 4.64. The zero-order chi connectivity index (χ0) is 25.7. The minimum Gasteiger partial charge on any atom is -0.385 e. The Morgan fingerprint density at radius 1 is 0.912 bits per heavy atom. The fourth-order valence-corrected chi connectivity index (χ4v) is 2.99. The van der Waals surface area contributed by atoms with Crippen LogP contribution in [0.25, 0.3) is 0 Å². The van der Waals surface area contributed by atoms with Gasteiger partial charge in [0.25, 0.3) is 11.8 Å². The Morgan fingerprint density at radius 3 is 2.00 bits per heavy atom. The van der Waals surface area contributed by atoms with E-state index in [1.165, 1.54) is 25.3 Å². The molecule has 0 fully saturated rings. The van der Waals surface area contributed by atoms with Gasteiger partial charge in [-0.2, -0.15) is 26.3 Å². The number of ether oxygens (including phenoxy) is 1. The van der Waals surface area contributed by atoms with Gasteiger partial charge in [0.2, 0.25) is 0 Å². The Kier molecular flexibility index (Phi) is 8.54. The number of halogens is 6. The molecule has 0 bridgehead atoms. The van der Waals surface area contributed by atoms with Gasteiger partial charge in [0.05, 0.1) is 16.7 Å². The number of nitrogens with one attached hydrogen (secondary N) is 2. The standard InChI is InChI=1S/C22H23F6N3O3/c1-31(2)18-6-5-16(12-17(18)20(33)29-7-4-8-34-3)30-19(32)13-9-14(21(23,24)25)11-15(10-13)22(26,27)28/h5-6,9-12H,4,7-8H2,1-3H3,(H,29,33)(H,30,32). The van der Waals surface area contributed by atoms with E-state index in [0.717, 1.165) is 0 Å². The molecule has 0 unspecified atom stereocenters. The van der Waals surface area contributed by atoms with Crippen molar-refractivity contribution in [3.05, 3.63) is 58.7 Å². The minimum absolute atomic E-state index is 0.0172. The molecule has 0 saturated heterocycles. The van der Waals surface area contributed by atoms with E-state index in [0.29, 0.717) is 37.4 Å². The van der Waals surface area contributed by atoms with Crippen LogP contribution in [0.2, 0.25) is 0 Å². The number of rotatable bonds is 8. The quantitative estimate of drug-likeness (QED) is 0.411. The highest BCUT2D eigenvalue weighted by Crippen LogP contribution is 2.36. The molecule has 0 aliphatic rings. The number of alkyl halides is 6. The summed E-state index contributed by atoms with van der Waals surface area (Å²) in [7, 11) is 4.87. The van der Waals surface area contributed by atoms with Crippen LogP contribution in [0.4, 0.5) is 37.7 Å². The van der Waals surface area contributed by atoms with E-state index in [1.807, 2.05) is 0 Å². The summed E-state index contributed by atoms with van der Waals surface area (Å²) in [5.74, 6) is -1.67. The van der Waals surface area contributed by atoms with Crippen LogP contribution in [0, 0.1) is 0 Å². The van der Waals surface area contributed by atoms with Crippen molar-refractivity contribution in [2.45, 2.75) is 18.8 Å². The Hall–Kier alpha value is -3.28. The molecule has 0 aliphatic carbocycles. The SMILES string of the molecule is COCCCNC(=O)c1cc(NC(=O)c2cc(C(F)(F)F)cc(C(F)(F)F)c2)ccc1N(C)C. The van der Waals surface area contributed by atoms with E-state index in [2.05, 4.69) is 10.6 Å². The van der Waals surface area contributed by atoms with Crippen molar-refractivity contribution in [1.82, 2.24) is 5.32 Å². The number of hydrogen-bond acceptors (Lipinski definition) is 4. The van der Waals surface area contributed by atoms with Gasteiger partial charge in [0.15, 0.2) is 0 Å². The van der Waals surface area contributed by atoms with Crippen molar-refractivity contribution in [2.24, 2.45) is 0 Å². The first kappa shape index (κ1) is 27.0. The number of carbonyl (C=O) groups is 2. The molecule has 12 heteroatoms. The molecule has 0 saturated carbocycles. The largest absolute Gasteiger partial charge is 0.416 e. The van der Waals surface area contributed by atoms with E-state index < -0.39 is 40.9 Å². The number of hydrogen-bond donors (Lipinski definition) is 2. The highest BCUT2D eigenvalue weighted by Gasteiger charge is 2.37. The zero-order valence-electron chi connectivity index (χ0n) is 18.5. The number of methoxy groups -OCH3 is 1. The molecular weight excluding hydrogens is 468 g/mol. The lowest BCUT2D eigenvalue weighted by molar-refractivity contribution is -0.143. The maximum Gasteiger partial charge on any atom is 0.416 e. The molecule has 2 aromatic rings. The van der Waals surface area contributed by atoms with Gasteiger partial charge in [-0.3, -0.25) is 9.59 Å². The molecule has 2 rings (SSSR count). The molecule has 0 radical (unpaired) electrons. The van der Waals surface area contributed by atoms with Gasteiger partial charge in [0, 0.05) is 51.3 Å². The van der Waals surface area contributed by atoms with Crippen LogP contribution >= 0.6 is 0 Å². The Bertz CT molecular complexity index is 1000. The maximum absolute atomic E-state index is 13.1. The summed E-state index contributed by atoms with van der Waals surface area (Å²) in [6, 6.07) is 4.77. The monoisotopic (exact) mass is 491 g/mol. The molecule has 2 amide bonds. The lowest BCUT2D eigenvalue weighted by Crippen LogP contribution is -2.27. The van der Waals surface area contributed by atoms with Crippen molar-refractivity contribution < 1.29 is 40.7 Å². The predicted molar refractivity (Wildman–Crippen MR) is 114 cm³/mol. The second kappa shape index (κ2) is 10.8. The lowest BCUT2D eigenvalue weighted by atomic mass is 10.0. The molecule has 6 nitrogen and oxygen atoms in total. The van der Waals surface area contributed by atoms with Gasteiger partial charge in [-0.25, -0.2) is 0 Å². The fourth-order valence-electron chi connectivity index (χ4n) is 2.99. The summed E-state index contributed by atoms with van der Waals surface area (Å²) in [5, 5.41) is 4.94. The molecule has 186 valence electrons. The van der Waals surface area contributed by atoms with E-state index in [-0.39, 0.29) is 17.3 Å². The summed E-state index contributed by atoms with van der Waals surface area (Å²) in [5.41, 5.74) is -3.38. The van der Waals surface area contributed by atoms with E-state index in [9.17, 15) is 35.9 Å². The first-order valence-electron chi connectivity index (χ1n) is 9.93. The van der Waals surface area contributed by atoms with Gasteiger partial charge in [0.1, 0.15) is 0 Å². The van der Waals surface area contributed by atoms with Crippen LogP contribution < -0.4 is 15.5 Å². The third-order valence-corrected chi connectivity index (χ3v) is 4.64. The third kappa shape index (κ3) is 7.11. The molecule has 0 spiro atoms. The number of amides is 2. The Balaban J connectivity index is 2.36. The molecule has 34 heavy (non-hydrogen) atoms. The van der Waals surface area contributed by atoms with Crippen molar-refractivity contribution in [2.75, 3.05) is 44.6 Å². The number of benzene rings is 2. The molecule has 0 aromatic heterocycles. The van der Waals surface area contributed by atoms with Crippen LogP contribution in [-0.4, -0.2) is 46.2 Å². The zero-order valence-corrected chi connectivity index (χ0v) is 18.5. The topological polar surface area (TPSA) is 70.7 Å². The summed E-state index contributed by atoms with van der Waals surface area (Å²) in [6.07, 6.45) is -9.62. The Morgan fingerprint density at radius 2 is 1.50 bits per heavy atom. The molecule has 2 N–H and O–H groups in total. The lowest BCUT2D eigenvalue weighted by Gasteiger charge is -2.19. The van der Waals surface area contributed by atoms with Crippen molar-refractivity contribution in [3.63, 3.8) is 0 Å². The van der Waals surface area contributed by atoms with Crippen LogP contribution in [-0.2, 0) is 17.1 Å². The van der Waals surface area contributed by atoms with Crippen molar-refractivity contribution >= 4 is 23.2 Å². The highest BCUT2D eigenvalue weighted by atomic mass is 19.4. The minimum atomic E-state index is -5.09. The first-order valence-corrected chi connectivity index (χ1v) is 9.93. The summed E-state index contributed by atoms with van der Waals surface area (Å²) < 4.78 is 83.4. The van der Waals surface area contributed by atoms with Gasteiger partial charge < -0.3 is 20.3 Å². The molecule has 0 heterocycles. The average Bonchev–Trinajstić information content (AvgIpc) is 2.74. The van der Waals surface area contributed by atoms with Crippen LogP contribution in [0.15, 0.2) is 36.4 Å². The molecular formula is C22H23F6N3O3. The summed E-state index contributed by atoms with van der Waals surface area (Å²) in [6.45, 7) is 0.731. The molecule has 0 atom stereocenters.